The van der Waals surface area contributed by atoms with E-state index in [-0.39, 0.29) is 11.7 Å². The molecular formula is C12H16N2O. The van der Waals surface area contributed by atoms with E-state index in [2.05, 4.69) is 16.9 Å². The van der Waals surface area contributed by atoms with Crippen LogP contribution in [0.3, 0.4) is 0 Å². The first-order valence-corrected chi connectivity index (χ1v) is 5.59. The van der Waals surface area contributed by atoms with E-state index in [1.54, 1.807) is 18.6 Å². The molecule has 1 heterocycles. The third-order valence-electron chi connectivity index (χ3n) is 3.26. The summed E-state index contributed by atoms with van der Waals surface area (Å²) in [6.07, 6.45) is 9.35. The van der Waals surface area contributed by atoms with Crippen molar-refractivity contribution in [3.63, 3.8) is 0 Å². The molecule has 1 aliphatic carbocycles. The average molecular weight is 204 g/mol. The van der Waals surface area contributed by atoms with Crippen LogP contribution in [-0.2, 0) is 0 Å². The summed E-state index contributed by atoms with van der Waals surface area (Å²) in [5.74, 6) is 0.832. The van der Waals surface area contributed by atoms with Gasteiger partial charge in [0.15, 0.2) is 5.78 Å². The Hall–Kier alpha value is -1.25. The summed E-state index contributed by atoms with van der Waals surface area (Å²) in [6, 6.07) is 0. The van der Waals surface area contributed by atoms with Gasteiger partial charge in [0, 0.05) is 18.3 Å². The van der Waals surface area contributed by atoms with Gasteiger partial charge >= 0.3 is 0 Å². The highest BCUT2D eigenvalue weighted by Gasteiger charge is 2.29. The maximum absolute atomic E-state index is 12.1. The lowest BCUT2D eigenvalue weighted by atomic mass is 9.77. The molecule has 2 atom stereocenters. The molecule has 2 unspecified atom stereocenters. The van der Waals surface area contributed by atoms with Gasteiger partial charge in [0.25, 0.3) is 0 Å². The van der Waals surface area contributed by atoms with Gasteiger partial charge in [-0.25, -0.2) is 4.98 Å². The number of carbonyl (C=O) groups is 1. The van der Waals surface area contributed by atoms with Crippen LogP contribution in [0.5, 0.6) is 0 Å². The lowest BCUT2D eigenvalue weighted by molar-refractivity contribution is 0.0831. The largest absolute Gasteiger partial charge is 0.292 e. The van der Waals surface area contributed by atoms with Crippen LogP contribution in [-0.4, -0.2) is 15.8 Å². The van der Waals surface area contributed by atoms with Crippen molar-refractivity contribution in [2.24, 2.45) is 11.8 Å². The van der Waals surface area contributed by atoms with Crippen LogP contribution in [0.25, 0.3) is 0 Å². The van der Waals surface area contributed by atoms with Crippen LogP contribution in [0.2, 0.25) is 0 Å². The fraction of sp³-hybridized carbons (Fsp3) is 0.583. The Morgan fingerprint density at radius 1 is 1.33 bits per heavy atom. The van der Waals surface area contributed by atoms with Crippen LogP contribution in [0.15, 0.2) is 18.6 Å². The second-order valence-corrected chi connectivity index (χ2v) is 4.32. The fourth-order valence-corrected chi connectivity index (χ4v) is 2.32. The molecule has 1 aromatic heterocycles. The van der Waals surface area contributed by atoms with E-state index in [1.165, 1.54) is 12.8 Å². The van der Waals surface area contributed by atoms with Crippen molar-refractivity contribution in [2.75, 3.05) is 0 Å². The van der Waals surface area contributed by atoms with Crippen LogP contribution in [0.1, 0.15) is 43.1 Å². The zero-order valence-corrected chi connectivity index (χ0v) is 9.02. The normalized spacial score (nSPS) is 26.2. The highest BCUT2D eigenvalue weighted by atomic mass is 16.1. The minimum atomic E-state index is 0.162. The molecule has 1 fully saturated rings. The van der Waals surface area contributed by atoms with E-state index in [9.17, 15) is 4.79 Å². The van der Waals surface area contributed by atoms with Gasteiger partial charge in [-0.15, -0.1) is 0 Å². The second-order valence-electron chi connectivity index (χ2n) is 4.32. The number of ketones is 1. The van der Waals surface area contributed by atoms with Gasteiger partial charge in [-0.1, -0.05) is 26.2 Å². The van der Waals surface area contributed by atoms with E-state index >= 15 is 0 Å². The Morgan fingerprint density at radius 2 is 2.13 bits per heavy atom. The first-order chi connectivity index (χ1) is 7.29. The molecule has 1 saturated carbocycles. The SMILES string of the molecule is CC1CCCCC1C(=O)c1cnccn1. The summed E-state index contributed by atoms with van der Waals surface area (Å²) in [6.45, 7) is 2.16. The maximum Gasteiger partial charge on any atom is 0.186 e. The molecule has 0 bridgehead atoms. The smallest absolute Gasteiger partial charge is 0.186 e. The number of nitrogens with zero attached hydrogens (tertiary/aromatic N) is 2. The summed E-state index contributed by atoms with van der Waals surface area (Å²) < 4.78 is 0. The Balaban J connectivity index is 2.13. The van der Waals surface area contributed by atoms with E-state index in [1.807, 2.05) is 0 Å². The molecule has 1 aromatic rings. The third kappa shape index (κ3) is 2.22. The number of hydrogen-bond acceptors (Lipinski definition) is 3. The third-order valence-corrected chi connectivity index (χ3v) is 3.26. The van der Waals surface area contributed by atoms with Crippen LogP contribution >= 0.6 is 0 Å². The van der Waals surface area contributed by atoms with Crippen molar-refractivity contribution >= 4 is 5.78 Å². The number of hydrogen-bond donors (Lipinski definition) is 0. The Morgan fingerprint density at radius 3 is 2.80 bits per heavy atom. The number of Topliss-reactive ketones (excluding diaryl/α,β-unsaturated/α-hetero) is 1. The molecule has 0 aliphatic heterocycles. The molecule has 3 heteroatoms. The standard InChI is InChI=1S/C12H16N2O/c1-9-4-2-3-5-10(9)12(15)11-8-13-6-7-14-11/h6-10H,2-5H2,1H3. The molecular weight excluding hydrogens is 188 g/mol. The van der Waals surface area contributed by atoms with E-state index in [0.29, 0.717) is 11.6 Å². The predicted molar refractivity (Wildman–Crippen MR) is 57.5 cm³/mol. The molecule has 0 radical (unpaired) electrons. The second kappa shape index (κ2) is 4.51. The average Bonchev–Trinajstić information content (AvgIpc) is 2.30. The van der Waals surface area contributed by atoms with Crippen molar-refractivity contribution in [1.82, 2.24) is 9.97 Å². The lowest BCUT2D eigenvalue weighted by Gasteiger charge is -2.26. The predicted octanol–water partition coefficient (Wildman–Crippen LogP) is 2.49. The summed E-state index contributed by atoms with van der Waals surface area (Å²) in [5, 5.41) is 0. The molecule has 0 spiro atoms. The van der Waals surface area contributed by atoms with Gasteiger partial charge in [-0.05, 0) is 12.3 Å². The highest BCUT2D eigenvalue weighted by molar-refractivity contribution is 5.96. The molecule has 15 heavy (non-hydrogen) atoms. The molecule has 1 aliphatic rings. The molecule has 2 rings (SSSR count). The Labute approximate surface area is 89.9 Å². The number of rotatable bonds is 2. The molecule has 0 saturated heterocycles. The minimum absolute atomic E-state index is 0.162. The number of carbonyl (C=O) groups excluding carboxylic acids is 1. The first kappa shape index (κ1) is 10.3. The van der Waals surface area contributed by atoms with E-state index in [0.717, 1.165) is 12.8 Å². The van der Waals surface area contributed by atoms with Crippen LogP contribution in [0, 0.1) is 11.8 Å². The van der Waals surface area contributed by atoms with Crippen LogP contribution < -0.4 is 0 Å². The van der Waals surface area contributed by atoms with Gasteiger partial charge in [0.05, 0.1) is 6.20 Å². The number of aromatic nitrogens is 2. The maximum atomic E-state index is 12.1. The van der Waals surface area contributed by atoms with Gasteiger partial charge in [-0.3, -0.25) is 9.78 Å². The van der Waals surface area contributed by atoms with E-state index in [4.69, 9.17) is 0 Å². The topological polar surface area (TPSA) is 42.9 Å². The van der Waals surface area contributed by atoms with E-state index < -0.39 is 0 Å². The van der Waals surface area contributed by atoms with Gasteiger partial charge < -0.3 is 0 Å². The highest BCUT2D eigenvalue weighted by Crippen LogP contribution is 2.31. The monoisotopic (exact) mass is 204 g/mol. The quantitative estimate of drug-likeness (QED) is 0.695. The summed E-state index contributed by atoms with van der Waals surface area (Å²) in [4.78, 5) is 20.1. The van der Waals surface area contributed by atoms with Gasteiger partial charge in [0.1, 0.15) is 5.69 Å². The summed E-state index contributed by atoms with van der Waals surface area (Å²) in [5.41, 5.74) is 0.524. The lowest BCUT2D eigenvalue weighted by Crippen LogP contribution is -2.26. The van der Waals surface area contributed by atoms with Gasteiger partial charge in [0.2, 0.25) is 0 Å². The molecule has 0 N–H and O–H groups in total. The fourth-order valence-electron chi connectivity index (χ4n) is 2.32. The van der Waals surface area contributed by atoms with Crippen molar-refractivity contribution in [1.29, 1.82) is 0 Å². The van der Waals surface area contributed by atoms with Crippen molar-refractivity contribution in [2.45, 2.75) is 32.6 Å². The zero-order valence-electron chi connectivity index (χ0n) is 9.02. The molecule has 80 valence electrons. The molecule has 0 aromatic carbocycles. The summed E-state index contributed by atoms with van der Waals surface area (Å²) in [7, 11) is 0. The molecule has 3 nitrogen and oxygen atoms in total. The van der Waals surface area contributed by atoms with Crippen LogP contribution in [0.4, 0.5) is 0 Å². The Bertz CT molecular complexity index is 337. The van der Waals surface area contributed by atoms with Crippen molar-refractivity contribution in [3.05, 3.63) is 24.3 Å². The van der Waals surface area contributed by atoms with Gasteiger partial charge in [-0.2, -0.15) is 0 Å². The van der Waals surface area contributed by atoms with Crippen molar-refractivity contribution < 1.29 is 4.79 Å². The first-order valence-electron chi connectivity index (χ1n) is 5.59. The summed E-state index contributed by atoms with van der Waals surface area (Å²) >= 11 is 0. The zero-order chi connectivity index (χ0) is 10.7. The minimum Gasteiger partial charge on any atom is -0.292 e. The molecule has 0 amide bonds. The Kier molecular flexibility index (Phi) is 3.09. The van der Waals surface area contributed by atoms with Crippen molar-refractivity contribution in [3.8, 4) is 0 Å².